The van der Waals surface area contributed by atoms with Crippen LogP contribution in [0.4, 0.5) is 11.4 Å². The predicted octanol–water partition coefficient (Wildman–Crippen LogP) is 4.30. The first-order valence-electron chi connectivity index (χ1n) is 8.61. The highest BCUT2D eigenvalue weighted by molar-refractivity contribution is 5.81. The molecule has 2 rings (SSSR count). The van der Waals surface area contributed by atoms with Gasteiger partial charge in [-0.3, -0.25) is 0 Å². The number of nitrogens with zero attached hydrogens (tertiary/aromatic N) is 1. The quantitative estimate of drug-likeness (QED) is 0.490. The van der Waals surface area contributed by atoms with Gasteiger partial charge in [0.05, 0.1) is 0 Å². The van der Waals surface area contributed by atoms with E-state index in [0.29, 0.717) is 0 Å². The van der Waals surface area contributed by atoms with Crippen LogP contribution in [0.1, 0.15) is 18.1 Å². The van der Waals surface area contributed by atoms with Gasteiger partial charge < -0.3 is 14.4 Å². The Kier molecular flexibility index (Phi) is 7.37. The first-order valence-corrected chi connectivity index (χ1v) is 8.61. The highest BCUT2D eigenvalue weighted by Gasteiger charge is 2.13. The average Bonchev–Trinajstić information content (AvgIpc) is 2.72. The van der Waals surface area contributed by atoms with E-state index in [9.17, 15) is 9.59 Å². The molecule has 0 aliphatic heterocycles. The van der Waals surface area contributed by atoms with Gasteiger partial charge in [0.25, 0.3) is 0 Å². The van der Waals surface area contributed by atoms with Crippen molar-refractivity contribution in [2.24, 2.45) is 0 Å². The van der Waals surface area contributed by atoms with E-state index >= 15 is 0 Å². The minimum atomic E-state index is -0.453. The van der Waals surface area contributed by atoms with Gasteiger partial charge in [0, 0.05) is 35.6 Å². The molecule has 140 valence electrons. The number of hydrogen-bond donors (Lipinski definition) is 0. The number of hydrogen-bond acceptors (Lipinski definition) is 5. The van der Waals surface area contributed by atoms with E-state index in [2.05, 4.69) is 18.1 Å². The zero-order chi connectivity index (χ0) is 19.6. The maximum absolute atomic E-state index is 11.4. The zero-order valence-corrected chi connectivity index (χ0v) is 15.4. The lowest BCUT2D eigenvalue weighted by molar-refractivity contribution is -0.139. The van der Waals surface area contributed by atoms with Crippen LogP contribution in [0, 0.1) is 0 Å². The van der Waals surface area contributed by atoms with Gasteiger partial charge in [0.15, 0.2) is 0 Å². The SMILES string of the molecule is C=CC(=O)OCc1ccc(N(CC)c2ccccc2COC(=O)C=C)cc1. The topological polar surface area (TPSA) is 55.8 Å². The fraction of sp³-hybridized carbons (Fsp3) is 0.182. The Bertz CT molecular complexity index is 811. The monoisotopic (exact) mass is 365 g/mol. The number of ether oxygens (including phenoxy) is 2. The summed E-state index contributed by atoms with van der Waals surface area (Å²) in [4.78, 5) is 24.7. The van der Waals surface area contributed by atoms with Crippen LogP contribution in [-0.4, -0.2) is 18.5 Å². The summed E-state index contributed by atoms with van der Waals surface area (Å²) in [5.41, 5.74) is 3.73. The molecule has 5 nitrogen and oxygen atoms in total. The van der Waals surface area contributed by atoms with E-state index in [1.54, 1.807) is 0 Å². The molecule has 0 saturated carbocycles. The number of rotatable bonds is 9. The molecule has 2 aromatic carbocycles. The van der Waals surface area contributed by atoms with Gasteiger partial charge in [-0.25, -0.2) is 9.59 Å². The van der Waals surface area contributed by atoms with Crippen molar-refractivity contribution in [3.05, 3.63) is 85.0 Å². The van der Waals surface area contributed by atoms with E-state index in [1.807, 2.05) is 55.5 Å². The van der Waals surface area contributed by atoms with Crippen LogP contribution < -0.4 is 4.90 Å². The molecule has 0 aliphatic rings. The maximum Gasteiger partial charge on any atom is 0.330 e. The Balaban J connectivity index is 2.19. The Hall–Kier alpha value is -3.34. The van der Waals surface area contributed by atoms with E-state index < -0.39 is 11.9 Å². The van der Waals surface area contributed by atoms with Crippen molar-refractivity contribution >= 4 is 23.3 Å². The summed E-state index contributed by atoms with van der Waals surface area (Å²) in [5, 5.41) is 0. The van der Waals surface area contributed by atoms with Crippen molar-refractivity contribution in [3.8, 4) is 0 Å². The molecule has 27 heavy (non-hydrogen) atoms. The molecule has 0 aliphatic carbocycles. The molecule has 0 aromatic heterocycles. The summed E-state index contributed by atoms with van der Waals surface area (Å²) in [6, 6.07) is 15.5. The predicted molar refractivity (Wildman–Crippen MR) is 106 cm³/mol. The van der Waals surface area contributed by atoms with Crippen molar-refractivity contribution in [2.45, 2.75) is 20.1 Å². The fourth-order valence-corrected chi connectivity index (χ4v) is 2.58. The van der Waals surface area contributed by atoms with Crippen molar-refractivity contribution < 1.29 is 19.1 Å². The summed E-state index contributed by atoms with van der Waals surface area (Å²) in [5.74, 6) is -0.900. The average molecular weight is 365 g/mol. The third-order valence-corrected chi connectivity index (χ3v) is 3.93. The second-order valence-corrected chi connectivity index (χ2v) is 5.66. The highest BCUT2D eigenvalue weighted by Crippen LogP contribution is 2.29. The number of carbonyl (C=O) groups excluding carboxylic acids is 2. The second kappa shape index (κ2) is 9.97. The van der Waals surface area contributed by atoms with E-state index in [-0.39, 0.29) is 13.2 Å². The van der Waals surface area contributed by atoms with E-state index in [4.69, 9.17) is 9.47 Å². The first kappa shape index (κ1) is 20.0. The largest absolute Gasteiger partial charge is 0.458 e. The summed E-state index contributed by atoms with van der Waals surface area (Å²) < 4.78 is 10.2. The Morgan fingerprint density at radius 3 is 2.11 bits per heavy atom. The molecule has 0 N–H and O–H groups in total. The summed E-state index contributed by atoms with van der Waals surface area (Å²) in [6.07, 6.45) is 2.29. The molecular weight excluding hydrogens is 342 g/mol. The molecular formula is C22H23NO4. The standard InChI is InChI=1S/C22H23NO4/c1-4-21(24)26-15-17-11-13-19(14-12-17)23(6-3)20-10-8-7-9-18(20)16-27-22(25)5-2/h4-5,7-14H,1-2,6,15-16H2,3H3. The fourth-order valence-electron chi connectivity index (χ4n) is 2.58. The first-order chi connectivity index (χ1) is 13.1. The number of benzene rings is 2. The minimum absolute atomic E-state index is 0.174. The van der Waals surface area contributed by atoms with Gasteiger partial charge in [-0.15, -0.1) is 0 Å². The second-order valence-electron chi connectivity index (χ2n) is 5.66. The van der Waals surface area contributed by atoms with Crippen LogP contribution in [-0.2, 0) is 32.3 Å². The normalized spacial score (nSPS) is 9.96. The van der Waals surface area contributed by atoms with Crippen LogP contribution in [0.25, 0.3) is 0 Å². The molecule has 0 bridgehead atoms. The summed E-state index contributed by atoms with van der Waals surface area (Å²) in [7, 11) is 0. The lowest BCUT2D eigenvalue weighted by Crippen LogP contribution is -2.18. The third-order valence-electron chi connectivity index (χ3n) is 3.93. The molecule has 0 atom stereocenters. The smallest absolute Gasteiger partial charge is 0.330 e. The van der Waals surface area contributed by atoms with Crippen molar-refractivity contribution in [1.29, 1.82) is 0 Å². The Morgan fingerprint density at radius 1 is 0.926 bits per heavy atom. The molecule has 5 heteroatoms. The van der Waals surface area contributed by atoms with Gasteiger partial charge >= 0.3 is 11.9 Å². The van der Waals surface area contributed by atoms with Gasteiger partial charge in [-0.1, -0.05) is 43.5 Å². The molecule has 2 aromatic rings. The molecule has 0 amide bonds. The lowest BCUT2D eigenvalue weighted by Gasteiger charge is -2.26. The Morgan fingerprint density at radius 2 is 1.52 bits per heavy atom. The van der Waals surface area contributed by atoms with Crippen LogP contribution in [0.2, 0.25) is 0 Å². The highest BCUT2D eigenvalue weighted by atomic mass is 16.5. The maximum atomic E-state index is 11.4. The lowest BCUT2D eigenvalue weighted by atomic mass is 10.1. The van der Waals surface area contributed by atoms with Crippen LogP contribution in [0.5, 0.6) is 0 Å². The number of anilines is 2. The van der Waals surface area contributed by atoms with Crippen LogP contribution in [0.3, 0.4) is 0 Å². The van der Waals surface area contributed by atoms with Gasteiger partial charge in [0.2, 0.25) is 0 Å². The number of para-hydroxylation sites is 1. The molecule has 0 saturated heterocycles. The van der Waals surface area contributed by atoms with Gasteiger partial charge in [-0.05, 0) is 30.7 Å². The molecule has 0 radical (unpaired) electrons. The molecule has 0 spiro atoms. The number of carbonyl (C=O) groups is 2. The van der Waals surface area contributed by atoms with Gasteiger partial charge in [-0.2, -0.15) is 0 Å². The summed E-state index contributed by atoms with van der Waals surface area (Å²) >= 11 is 0. The van der Waals surface area contributed by atoms with E-state index in [1.165, 1.54) is 0 Å². The Labute approximate surface area is 159 Å². The zero-order valence-electron chi connectivity index (χ0n) is 15.4. The van der Waals surface area contributed by atoms with Crippen LogP contribution >= 0.6 is 0 Å². The van der Waals surface area contributed by atoms with Crippen LogP contribution in [0.15, 0.2) is 73.8 Å². The van der Waals surface area contributed by atoms with Crippen molar-refractivity contribution in [1.82, 2.24) is 0 Å². The van der Waals surface area contributed by atoms with E-state index in [0.717, 1.165) is 41.2 Å². The minimum Gasteiger partial charge on any atom is -0.458 e. The summed E-state index contributed by atoms with van der Waals surface area (Å²) in [6.45, 7) is 9.94. The molecule has 0 fully saturated rings. The molecule has 0 unspecified atom stereocenters. The molecule has 0 heterocycles. The van der Waals surface area contributed by atoms with Crippen molar-refractivity contribution in [2.75, 3.05) is 11.4 Å². The van der Waals surface area contributed by atoms with Gasteiger partial charge in [0.1, 0.15) is 13.2 Å². The van der Waals surface area contributed by atoms with Crippen molar-refractivity contribution in [3.63, 3.8) is 0 Å². The number of esters is 2. The third kappa shape index (κ3) is 5.57.